The number of hydrogen-bond donors (Lipinski definition) is 0. The third-order valence-electron chi connectivity index (χ3n) is 5.27. The van der Waals surface area contributed by atoms with Crippen LogP contribution in [-0.2, 0) is 20.7 Å². The van der Waals surface area contributed by atoms with Crippen molar-refractivity contribution in [2.24, 2.45) is 0 Å². The Morgan fingerprint density at radius 2 is 1.81 bits per heavy atom. The first kappa shape index (κ1) is 22.5. The fourth-order valence-corrected chi connectivity index (χ4v) is 3.63. The maximum atomic E-state index is 13.8. The minimum absolute atomic E-state index is 0.0905. The molecule has 1 aromatic heterocycles. The summed E-state index contributed by atoms with van der Waals surface area (Å²) in [6.45, 7) is 3.30. The van der Waals surface area contributed by atoms with E-state index in [1.807, 2.05) is 0 Å². The van der Waals surface area contributed by atoms with Gasteiger partial charge in [-0.05, 0) is 31.9 Å². The second-order valence-electron chi connectivity index (χ2n) is 7.45. The number of aromatic nitrogens is 2. The summed E-state index contributed by atoms with van der Waals surface area (Å²) in [7, 11) is 0. The first-order valence-corrected chi connectivity index (χ1v) is 9.97. The van der Waals surface area contributed by atoms with Gasteiger partial charge < -0.3 is 9.64 Å². The zero-order chi connectivity index (χ0) is 22.5. The van der Waals surface area contributed by atoms with E-state index in [1.165, 1.54) is 19.2 Å². The van der Waals surface area contributed by atoms with Crippen LogP contribution >= 0.6 is 0 Å². The second-order valence-corrected chi connectivity index (χ2v) is 7.45. The average Bonchev–Trinajstić information content (AvgIpc) is 2.74. The van der Waals surface area contributed by atoms with Crippen molar-refractivity contribution in [1.82, 2.24) is 14.9 Å². The number of nitrogens with zero attached hydrogens (tertiary/aromatic N) is 3. The van der Waals surface area contributed by atoms with Gasteiger partial charge in [-0.15, -0.1) is 0 Å². The van der Waals surface area contributed by atoms with Crippen molar-refractivity contribution in [3.63, 3.8) is 0 Å². The molecule has 0 unspecified atom stereocenters. The van der Waals surface area contributed by atoms with E-state index in [-0.39, 0.29) is 30.4 Å². The summed E-state index contributed by atoms with van der Waals surface area (Å²) in [5.41, 5.74) is 0.626. The zero-order valence-electron chi connectivity index (χ0n) is 17.4. The van der Waals surface area contributed by atoms with Crippen molar-refractivity contribution < 1.29 is 27.9 Å². The van der Waals surface area contributed by atoms with Crippen molar-refractivity contribution in [3.8, 4) is 0 Å². The molecule has 9 heteroatoms. The normalized spacial score (nSPS) is 14.4. The first-order valence-electron chi connectivity index (χ1n) is 9.97. The largest absolute Gasteiger partial charge is 0.457 e. The van der Waals surface area contributed by atoms with Crippen LogP contribution in [0.4, 0.5) is 8.78 Å². The zero-order valence-corrected chi connectivity index (χ0v) is 17.4. The summed E-state index contributed by atoms with van der Waals surface area (Å²) in [6, 6.07) is 3.52. The monoisotopic (exact) mass is 431 g/mol. The van der Waals surface area contributed by atoms with Crippen molar-refractivity contribution >= 4 is 17.7 Å². The molecule has 1 fully saturated rings. The summed E-state index contributed by atoms with van der Waals surface area (Å²) in [6.07, 6.45) is 2.16. The molecule has 0 aliphatic carbocycles. The van der Waals surface area contributed by atoms with Crippen LogP contribution in [0, 0.1) is 18.6 Å². The highest BCUT2D eigenvalue weighted by molar-refractivity contribution is 5.98. The van der Waals surface area contributed by atoms with Crippen molar-refractivity contribution in [2.45, 2.75) is 39.0 Å². The summed E-state index contributed by atoms with van der Waals surface area (Å²) in [5, 5.41) is 0. The highest BCUT2D eigenvalue weighted by Gasteiger charge is 2.29. The fraction of sp³-hybridized carbons (Fsp3) is 0.409. The van der Waals surface area contributed by atoms with Crippen molar-refractivity contribution in [1.29, 1.82) is 0 Å². The number of Topliss-reactive ketones (excluding diaryl/α,β-unsaturated/α-hetero) is 1. The topological polar surface area (TPSA) is 89.5 Å². The van der Waals surface area contributed by atoms with E-state index in [1.54, 1.807) is 11.8 Å². The Hall–Kier alpha value is -3.23. The van der Waals surface area contributed by atoms with E-state index >= 15 is 0 Å². The predicted octanol–water partition coefficient (Wildman–Crippen LogP) is 2.76. The summed E-state index contributed by atoms with van der Waals surface area (Å²) in [5.74, 6) is -2.36. The van der Waals surface area contributed by atoms with E-state index in [0.29, 0.717) is 43.0 Å². The number of rotatable bonds is 6. The van der Waals surface area contributed by atoms with Crippen LogP contribution in [0.3, 0.4) is 0 Å². The number of hydrogen-bond acceptors (Lipinski definition) is 6. The van der Waals surface area contributed by atoms with Gasteiger partial charge in [0.05, 0.1) is 17.7 Å². The lowest BCUT2D eigenvalue weighted by molar-refractivity contribution is -0.139. The van der Waals surface area contributed by atoms with Gasteiger partial charge in [0, 0.05) is 37.7 Å². The molecule has 0 saturated carbocycles. The Kier molecular flexibility index (Phi) is 7.04. The number of carbonyl (C=O) groups excluding carboxylic acids is 3. The third-order valence-corrected chi connectivity index (χ3v) is 5.27. The van der Waals surface area contributed by atoms with Gasteiger partial charge in [-0.25, -0.2) is 18.7 Å². The Morgan fingerprint density at radius 1 is 1.16 bits per heavy atom. The molecule has 1 aliphatic rings. The van der Waals surface area contributed by atoms with E-state index in [9.17, 15) is 23.2 Å². The van der Waals surface area contributed by atoms with Crippen LogP contribution in [0.5, 0.6) is 0 Å². The van der Waals surface area contributed by atoms with Crippen LogP contribution in [0.15, 0.2) is 24.4 Å². The van der Waals surface area contributed by atoms with E-state index in [2.05, 4.69) is 9.97 Å². The molecule has 0 bridgehead atoms. The fourth-order valence-electron chi connectivity index (χ4n) is 3.63. The van der Waals surface area contributed by atoms with Crippen LogP contribution in [-0.4, -0.2) is 52.2 Å². The van der Waals surface area contributed by atoms with Crippen LogP contribution in [0.25, 0.3) is 0 Å². The quantitative estimate of drug-likeness (QED) is 0.516. The number of piperidine rings is 1. The van der Waals surface area contributed by atoms with Crippen molar-refractivity contribution in [3.05, 3.63) is 58.7 Å². The van der Waals surface area contributed by atoms with Gasteiger partial charge in [0.1, 0.15) is 17.5 Å². The maximum absolute atomic E-state index is 13.8. The lowest BCUT2D eigenvalue weighted by atomic mass is 9.89. The van der Waals surface area contributed by atoms with Crippen LogP contribution in [0.1, 0.15) is 53.1 Å². The predicted molar refractivity (Wildman–Crippen MR) is 106 cm³/mol. The second kappa shape index (κ2) is 9.72. The number of likely N-dealkylation sites (tertiary alicyclic amines) is 1. The van der Waals surface area contributed by atoms with Crippen molar-refractivity contribution in [2.75, 3.05) is 19.7 Å². The van der Waals surface area contributed by atoms with Crippen LogP contribution in [0.2, 0.25) is 0 Å². The maximum Gasteiger partial charge on any atom is 0.303 e. The third kappa shape index (κ3) is 5.48. The van der Waals surface area contributed by atoms with Gasteiger partial charge in [-0.2, -0.15) is 0 Å². The molecule has 1 amide bonds. The molecule has 1 aromatic carbocycles. The highest BCUT2D eigenvalue weighted by atomic mass is 19.1. The molecule has 0 atom stereocenters. The molecule has 3 rings (SSSR count). The molecule has 2 heterocycles. The Labute approximate surface area is 178 Å². The number of benzene rings is 1. The molecular formula is C22H23F2N3O4. The standard InChI is InChI=1S/C22H23F2N3O4/c1-13-25-11-17(20(29)12-31-14(2)28)22(26-13)15-6-8-27(9-7-15)21(30)10-16-18(23)4-3-5-19(16)24/h3-5,11,15H,6-10,12H2,1-2H3. The first-order chi connectivity index (χ1) is 14.8. The van der Waals surface area contributed by atoms with Gasteiger partial charge in [-0.3, -0.25) is 14.4 Å². The number of halogens is 2. The van der Waals surface area contributed by atoms with Gasteiger partial charge >= 0.3 is 5.97 Å². The van der Waals surface area contributed by atoms with Gasteiger partial charge in [0.25, 0.3) is 0 Å². The Morgan fingerprint density at radius 3 is 2.42 bits per heavy atom. The Bertz CT molecular complexity index is 984. The molecular weight excluding hydrogens is 408 g/mol. The minimum atomic E-state index is -0.740. The minimum Gasteiger partial charge on any atom is -0.457 e. The molecule has 164 valence electrons. The van der Waals surface area contributed by atoms with E-state index < -0.39 is 23.4 Å². The number of amides is 1. The number of aryl methyl sites for hydroxylation is 1. The molecule has 0 N–H and O–H groups in total. The molecule has 7 nitrogen and oxygen atoms in total. The molecule has 0 spiro atoms. The smallest absolute Gasteiger partial charge is 0.303 e. The van der Waals surface area contributed by atoms with Gasteiger partial charge in [-0.1, -0.05) is 6.07 Å². The van der Waals surface area contributed by atoms with Gasteiger partial charge in [0.2, 0.25) is 11.7 Å². The number of carbonyl (C=O) groups is 3. The van der Waals surface area contributed by atoms with E-state index in [4.69, 9.17) is 4.74 Å². The molecule has 1 saturated heterocycles. The summed E-state index contributed by atoms with van der Waals surface area (Å²) < 4.78 is 32.5. The summed E-state index contributed by atoms with van der Waals surface area (Å²) >= 11 is 0. The number of esters is 1. The highest BCUT2D eigenvalue weighted by Crippen LogP contribution is 2.30. The molecule has 1 aliphatic heterocycles. The average molecular weight is 431 g/mol. The molecule has 2 aromatic rings. The lowest BCUT2D eigenvalue weighted by Gasteiger charge is -2.32. The van der Waals surface area contributed by atoms with Gasteiger partial charge in [0.15, 0.2) is 6.61 Å². The number of ether oxygens (including phenoxy) is 1. The summed E-state index contributed by atoms with van der Waals surface area (Å²) in [4.78, 5) is 46.1. The SMILES string of the molecule is CC(=O)OCC(=O)c1cnc(C)nc1C1CCN(C(=O)Cc2c(F)cccc2F)CC1. The van der Waals surface area contributed by atoms with E-state index in [0.717, 1.165) is 12.1 Å². The van der Waals surface area contributed by atoms with Crippen LogP contribution < -0.4 is 0 Å². The lowest BCUT2D eigenvalue weighted by Crippen LogP contribution is -2.39. The molecule has 31 heavy (non-hydrogen) atoms. The molecule has 0 radical (unpaired) electrons. The Balaban J connectivity index is 1.68. The number of ketones is 1.